The van der Waals surface area contributed by atoms with E-state index < -0.39 is 7.60 Å². The van der Waals surface area contributed by atoms with Crippen LogP contribution in [0.3, 0.4) is 0 Å². The van der Waals surface area contributed by atoms with Crippen molar-refractivity contribution < 1.29 is 23.5 Å². The molecule has 1 aromatic carbocycles. The third-order valence-electron chi connectivity index (χ3n) is 4.17. The van der Waals surface area contributed by atoms with E-state index >= 15 is 0 Å². The fourth-order valence-corrected chi connectivity index (χ4v) is 4.63. The van der Waals surface area contributed by atoms with Gasteiger partial charge in [-0.25, -0.2) is 0 Å². The molecule has 1 aromatic heterocycles. The van der Waals surface area contributed by atoms with Crippen LogP contribution in [0.5, 0.6) is 11.5 Å². The highest BCUT2D eigenvalue weighted by Crippen LogP contribution is 2.52. The second-order valence-electron chi connectivity index (χ2n) is 7.38. The highest BCUT2D eigenvalue weighted by atomic mass is 31.2. The Kier molecular flexibility index (Phi) is 7.64. The first-order chi connectivity index (χ1) is 13.6. The van der Waals surface area contributed by atoms with Crippen molar-refractivity contribution in [3.05, 3.63) is 47.0 Å². The lowest BCUT2D eigenvalue weighted by Gasteiger charge is -2.20. The highest BCUT2D eigenvalue weighted by Gasteiger charge is 2.24. The molecule has 2 aromatic rings. The van der Waals surface area contributed by atoms with Gasteiger partial charge in [0.2, 0.25) is 0 Å². The second kappa shape index (κ2) is 9.57. The van der Waals surface area contributed by atoms with Gasteiger partial charge in [-0.3, -0.25) is 9.55 Å². The summed E-state index contributed by atoms with van der Waals surface area (Å²) in [6, 6.07) is 5.57. The average molecular weight is 419 g/mol. The predicted octanol–water partition coefficient (Wildman–Crippen LogP) is 6.09. The molecule has 0 unspecified atom stereocenters. The van der Waals surface area contributed by atoms with Crippen LogP contribution in [0.15, 0.2) is 30.2 Å². The minimum absolute atomic E-state index is 0.126. The predicted molar refractivity (Wildman–Crippen MR) is 116 cm³/mol. The molecule has 158 valence electrons. The van der Waals surface area contributed by atoms with Gasteiger partial charge in [-0.05, 0) is 88.1 Å². The van der Waals surface area contributed by atoms with E-state index in [1.54, 1.807) is 18.3 Å². The normalized spacial score (nSPS) is 12.3. The van der Waals surface area contributed by atoms with E-state index in [9.17, 15) is 9.67 Å². The fourth-order valence-electron chi connectivity index (χ4n) is 2.94. The molecule has 0 atom stereocenters. The number of benzene rings is 1. The van der Waals surface area contributed by atoms with Crippen LogP contribution in [0.4, 0.5) is 0 Å². The molecule has 2 rings (SSSR count). The molecule has 0 saturated heterocycles. The van der Waals surface area contributed by atoms with Crippen molar-refractivity contribution in [3.63, 3.8) is 0 Å². The number of hydrogen-bond acceptors (Lipinski definition) is 6. The van der Waals surface area contributed by atoms with Crippen LogP contribution >= 0.6 is 7.60 Å². The molecule has 0 saturated carbocycles. The van der Waals surface area contributed by atoms with Gasteiger partial charge in [0.05, 0.1) is 25.0 Å². The Labute approximate surface area is 173 Å². The van der Waals surface area contributed by atoms with Crippen LogP contribution in [0.25, 0.3) is 17.2 Å². The quantitative estimate of drug-likeness (QED) is 0.522. The minimum Gasteiger partial charge on any atom is -0.504 e. The first kappa shape index (κ1) is 23.1. The van der Waals surface area contributed by atoms with Crippen LogP contribution in [0.1, 0.15) is 44.5 Å². The van der Waals surface area contributed by atoms with Gasteiger partial charge >= 0.3 is 7.60 Å². The fraction of sp³-hybridized carbons (Fsp3) is 0.409. The number of aromatic hydroxyl groups is 1. The molecule has 1 heterocycles. The van der Waals surface area contributed by atoms with Crippen LogP contribution < -0.4 is 4.74 Å². The number of pyridine rings is 1. The van der Waals surface area contributed by atoms with Crippen molar-refractivity contribution >= 4 is 13.7 Å². The summed E-state index contributed by atoms with van der Waals surface area (Å²) >= 11 is 0. The van der Waals surface area contributed by atoms with E-state index in [2.05, 4.69) is 4.98 Å². The molecular weight excluding hydrogens is 389 g/mol. The van der Waals surface area contributed by atoms with Crippen LogP contribution in [0, 0.1) is 13.8 Å². The lowest BCUT2D eigenvalue weighted by atomic mass is 9.98. The van der Waals surface area contributed by atoms with Crippen LogP contribution in [0.2, 0.25) is 0 Å². The first-order valence-corrected chi connectivity index (χ1v) is 11.2. The lowest BCUT2D eigenvalue weighted by molar-refractivity contribution is 0.149. The lowest BCUT2D eigenvalue weighted by Crippen LogP contribution is -2.06. The molecule has 0 aliphatic rings. The highest BCUT2D eigenvalue weighted by molar-refractivity contribution is 7.57. The van der Waals surface area contributed by atoms with Crippen molar-refractivity contribution in [1.29, 1.82) is 0 Å². The summed E-state index contributed by atoms with van der Waals surface area (Å²) in [5.74, 6) is 2.00. The van der Waals surface area contributed by atoms with Crippen molar-refractivity contribution in [1.82, 2.24) is 4.98 Å². The molecule has 7 heteroatoms. The molecule has 0 aliphatic heterocycles. The standard InChI is InChI=1S/C22H30NO5P/c1-14(2)27-29(25,28-15(3)4)11-9-20-17(6)19(8-10-23-20)18-12-16(5)22(24)21(13-18)26-7/h8-15,24H,1-7H3/b11-9+. The summed E-state index contributed by atoms with van der Waals surface area (Å²) in [6.45, 7) is 11.0. The summed E-state index contributed by atoms with van der Waals surface area (Å²) in [5, 5.41) is 10.1. The molecular formula is C22H30NO5P. The van der Waals surface area contributed by atoms with Crippen molar-refractivity contribution in [2.45, 2.75) is 53.8 Å². The van der Waals surface area contributed by atoms with Crippen molar-refractivity contribution in [2.75, 3.05) is 7.11 Å². The number of phenols is 1. The van der Waals surface area contributed by atoms with Gasteiger partial charge in [0.25, 0.3) is 0 Å². The number of rotatable bonds is 8. The van der Waals surface area contributed by atoms with E-state index in [4.69, 9.17) is 13.8 Å². The number of methoxy groups -OCH3 is 1. The van der Waals surface area contributed by atoms with Gasteiger partial charge in [-0.15, -0.1) is 0 Å². The molecule has 0 spiro atoms. The van der Waals surface area contributed by atoms with E-state index in [-0.39, 0.29) is 18.0 Å². The Morgan fingerprint density at radius 3 is 2.28 bits per heavy atom. The van der Waals surface area contributed by atoms with E-state index in [1.165, 1.54) is 12.9 Å². The Morgan fingerprint density at radius 1 is 1.10 bits per heavy atom. The summed E-state index contributed by atoms with van der Waals surface area (Å²) in [7, 11) is -1.88. The average Bonchev–Trinajstić information content (AvgIpc) is 2.61. The van der Waals surface area contributed by atoms with Crippen molar-refractivity contribution in [2.24, 2.45) is 0 Å². The first-order valence-electron chi connectivity index (χ1n) is 9.55. The molecule has 29 heavy (non-hydrogen) atoms. The summed E-state index contributed by atoms with van der Waals surface area (Å²) in [6.07, 6.45) is 2.89. The number of phenolic OH excluding ortho intramolecular Hbond substituents is 1. The number of nitrogens with zero attached hydrogens (tertiary/aromatic N) is 1. The van der Waals surface area contributed by atoms with Crippen LogP contribution in [-0.4, -0.2) is 29.4 Å². The van der Waals surface area contributed by atoms with E-state index in [1.807, 2.05) is 53.7 Å². The van der Waals surface area contributed by atoms with E-state index in [0.717, 1.165) is 16.7 Å². The molecule has 0 aliphatic carbocycles. The molecule has 0 amide bonds. The van der Waals surface area contributed by atoms with Gasteiger partial charge in [-0.1, -0.05) is 0 Å². The number of hydrogen-bond donors (Lipinski definition) is 1. The Bertz CT molecular complexity index is 923. The summed E-state index contributed by atoms with van der Waals surface area (Å²) in [5.41, 5.74) is 4.11. The Hall–Kier alpha value is -2.14. The maximum Gasteiger partial charge on any atom is 0.354 e. The van der Waals surface area contributed by atoms with Gasteiger partial charge < -0.3 is 18.9 Å². The smallest absolute Gasteiger partial charge is 0.354 e. The third kappa shape index (κ3) is 5.92. The number of aromatic nitrogens is 1. The second-order valence-corrected chi connectivity index (χ2v) is 9.18. The molecule has 0 radical (unpaired) electrons. The maximum absolute atomic E-state index is 13.0. The molecule has 6 nitrogen and oxygen atoms in total. The van der Waals surface area contributed by atoms with Crippen molar-refractivity contribution in [3.8, 4) is 22.6 Å². The number of aryl methyl sites for hydroxylation is 1. The van der Waals surface area contributed by atoms with E-state index in [0.29, 0.717) is 17.0 Å². The molecule has 0 bridgehead atoms. The zero-order valence-corrected chi connectivity index (χ0v) is 19.0. The van der Waals surface area contributed by atoms with Gasteiger partial charge in [0.1, 0.15) is 0 Å². The Balaban J connectivity index is 2.46. The molecule has 0 fully saturated rings. The zero-order valence-electron chi connectivity index (χ0n) is 18.1. The monoisotopic (exact) mass is 419 g/mol. The minimum atomic E-state index is -3.40. The zero-order chi connectivity index (χ0) is 21.8. The Morgan fingerprint density at radius 2 is 1.72 bits per heavy atom. The number of ether oxygens (including phenoxy) is 1. The SMILES string of the molecule is COc1cc(-c2ccnc(/C=C/P(=O)(OC(C)C)OC(C)C)c2C)cc(C)c1O. The van der Waals surface area contributed by atoms with Gasteiger partial charge in [-0.2, -0.15) is 0 Å². The molecule has 1 N–H and O–H groups in total. The third-order valence-corrected chi connectivity index (χ3v) is 6.12. The van der Waals surface area contributed by atoms with Gasteiger partial charge in [0.15, 0.2) is 11.5 Å². The van der Waals surface area contributed by atoms with Gasteiger partial charge in [0, 0.05) is 12.0 Å². The topological polar surface area (TPSA) is 77.9 Å². The largest absolute Gasteiger partial charge is 0.504 e. The maximum atomic E-state index is 13.0. The summed E-state index contributed by atoms with van der Waals surface area (Å²) < 4.78 is 29.4. The van der Waals surface area contributed by atoms with Crippen LogP contribution in [-0.2, 0) is 13.6 Å². The summed E-state index contributed by atoms with van der Waals surface area (Å²) in [4.78, 5) is 4.41.